The minimum atomic E-state index is -0.522. The highest BCUT2D eigenvalue weighted by Gasteiger charge is 2.18. The van der Waals surface area contributed by atoms with E-state index in [1.807, 2.05) is 13.8 Å². The van der Waals surface area contributed by atoms with E-state index in [4.69, 9.17) is 0 Å². The van der Waals surface area contributed by atoms with Crippen LogP contribution in [-0.4, -0.2) is 42.8 Å². The van der Waals surface area contributed by atoms with Gasteiger partial charge in [0.05, 0.1) is 22.3 Å². The molecule has 9 nitrogen and oxygen atoms in total. The quantitative estimate of drug-likeness (QED) is 0.344. The predicted molar refractivity (Wildman–Crippen MR) is 133 cm³/mol. The SMILES string of the molecule is CCC(C)NC(=O)CCn1c(=O)c2ccccc2n2c(SCC(=O)Nc3ccccc3F)nnc12. The van der Waals surface area contributed by atoms with Crippen molar-refractivity contribution in [2.24, 2.45) is 0 Å². The van der Waals surface area contributed by atoms with Crippen LogP contribution in [-0.2, 0) is 16.1 Å². The summed E-state index contributed by atoms with van der Waals surface area (Å²) in [5, 5.41) is 14.7. The van der Waals surface area contributed by atoms with Gasteiger partial charge in [0.25, 0.3) is 5.56 Å². The first-order valence-electron chi connectivity index (χ1n) is 11.2. The van der Waals surface area contributed by atoms with Crippen LogP contribution in [0.15, 0.2) is 58.5 Å². The van der Waals surface area contributed by atoms with Crippen LogP contribution in [0.2, 0.25) is 0 Å². The molecule has 2 amide bonds. The van der Waals surface area contributed by atoms with Crippen molar-refractivity contribution >= 4 is 45.9 Å². The minimum absolute atomic E-state index is 0.0418. The van der Waals surface area contributed by atoms with Crippen LogP contribution in [0.1, 0.15) is 26.7 Å². The minimum Gasteiger partial charge on any atom is -0.354 e. The number of carbonyl (C=O) groups is 2. The number of para-hydroxylation sites is 2. The normalized spacial score (nSPS) is 12.1. The number of hydrogen-bond donors (Lipinski definition) is 2. The van der Waals surface area contributed by atoms with Gasteiger partial charge in [-0.1, -0.05) is 43.0 Å². The topological polar surface area (TPSA) is 110 Å². The molecule has 0 saturated carbocycles. The number of fused-ring (bicyclic) bond motifs is 3. The van der Waals surface area contributed by atoms with Crippen molar-refractivity contribution in [2.45, 2.75) is 44.4 Å². The maximum atomic E-state index is 13.8. The molecule has 4 rings (SSSR count). The van der Waals surface area contributed by atoms with E-state index in [1.165, 1.54) is 16.7 Å². The lowest BCUT2D eigenvalue weighted by Gasteiger charge is -2.13. The number of aryl methyl sites for hydroxylation is 1. The van der Waals surface area contributed by atoms with E-state index in [-0.39, 0.29) is 47.7 Å². The van der Waals surface area contributed by atoms with Crippen LogP contribution in [0.25, 0.3) is 16.7 Å². The third-order valence-corrected chi connectivity index (χ3v) is 6.47. The maximum absolute atomic E-state index is 13.8. The lowest BCUT2D eigenvalue weighted by atomic mass is 10.2. The van der Waals surface area contributed by atoms with E-state index >= 15 is 0 Å². The van der Waals surface area contributed by atoms with Gasteiger partial charge in [-0.2, -0.15) is 0 Å². The fraction of sp³-hybridized carbons (Fsp3) is 0.292. The van der Waals surface area contributed by atoms with Crippen molar-refractivity contribution in [1.82, 2.24) is 24.5 Å². The first-order valence-corrected chi connectivity index (χ1v) is 12.2. The number of rotatable bonds is 9. The first-order chi connectivity index (χ1) is 16.9. The Kier molecular flexibility index (Phi) is 7.45. The van der Waals surface area contributed by atoms with Crippen LogP contribution in [0.5, 0.6) is 0 Å². The molecular weight excluding hydrogens is 471 g/mol. The summed E-state index contributed by atoms with van der Waals surface area (Å²) in [5.41, 5.74) is 0.416. The third-order valence-electron chi connectivity index (χ3n) is 5.54. The summed E-state index contributed by atoms with van der Waals surface area (Å²) in [6.45, 7) is 4.03. The highest BCUT2D eigenvalue weighted by atomic mass is 32.2. The van der Waals surface area contributed by atoms with Gasteiger partial charge in [0.2, 0.25) is 17.6 Å². The zero-order valence-corrected chi connectivity index (χ0v) is 20.1. The second kappa shape index (κ2) is 10.7. The Morgan fingerprint density at radius 3 is 2.60 bits per heavy atom. The molecule has 0 spiro atoms. The van der Waals surface area contributed by atoms with Gasteiger partial charge in [0, 0.05) is 19.0 Å². The van der Waals surface area contributed by atoms with Gasteiger partial charge < -0.3 is 10.6 Å². The number of thioether (sulfide) groups is 1. The summed E-state index contributed by atoms with van der Waals surface area (Å²) in [6.07, 6.45) is 0.916. The van der Waals surface area contributed by atoms with Gasteiger partial charge >= 0.3 is 0 Å². The standard InChI is InChI=1S/C24H25FN6O3S/c1-3-15(2)26-20(32)12-13-30-22(34)16-8-4-7-11-19(16)31-23(30)28-29-24(31)35-14-21(33)27-18-10-6-5-9-17(18)25/h4-11,15H,3,12-14H2,1-2H3,(H,26,32)(H,27,33). The van der Waals surface area contributed by atoms with E-state index in [0.717, 1.165) is 18.2 Å². The largest absolute Gasteiger partial charge is 0.354 e. The van der Waals surface area contributed by atoms with E-state index < -0.39 is 11.7 Å². The lowest BCUT2D eigenvalue weighted by Crippen LogP contribution is -2.33. The Bertz CT molecular complexity index is 1450. The zero-order chi connectivity index (χ0) is 24.9. The summed E-state index contributed by atoms with van der Waals surface area (Å²) in [5.74, 6) is -0.847. The number of halogens is 1. The highest BCUT2D eigenvalue weighted by molar-refractivity contribution is 7.99. The van der Waals surface area contributed by atoms with Crippen LogP contribution in [0, 0.1) is 5.82 Å². The Morgan fingerprint density at radius 1 is 1.09 bits per heavy atom. The van der Waals surface area contributed by atoms with Crippen molar-refractivity contribution in [3.8, 4) is 0 Å². The number of carbonyl (C=O) groups excluding carboxylic acids is 2. The van der Waals surface area contributed by atoms with Crippen molar-refractivity contribution in [3.05, 3.63) is 64.7 Å². The van der Waals surface area contributed by atoms with Gasteiger partial charge in [0.15, 0.2) is 5.16 Å². The molecule has 0 aliphatic rings. The van der Waals surface area contributed by atoms with Crippen LogP contribution in [0.3, 0.4) is 0 Å². The molecule has 182 valence electrons. The van der Waals surface area contributed by atoms with Crippen LogP contribution in [0.4, 0.5) is 10.1 Å². The molecule has 11 heteroatoms. The number of benzene rings is 2. The molecule has 0 fully saturated rings. The Morgan fingerprint density at radius 2 is 1.83 bits per heavy atom. The molecular formula is C24H25FN6O3S. The monoisotopic (exact) mass is 496 g/mol. The summed E-state index contributed by atoms with van der Waals surface area (Å²) in [4.78, 5) is 37.9. The van der Waals surface area contributed by atoms with Crippen LogP contribution < -0.4 is 16.2 Å². The molecule has 2 aromatic carbocycles. The second-order valence-electron chi connectivity index (χ2n) is 8.04. The molecule has 0 aliphatic carbocycles. The van der Waals surface area contributed by atoms with E-state index in [0.29, 0.717) is 16.1 Å². The molecule has 2 N–H and O–H groups in total. The van der Waals surface area contributed by atoms with Gasteiger partial charge in [0.1, 0.15) is 5.82 Å². The number of nitrogens with zero attached hydrogens (tertiary/aromatic N) is 4. The fourth-order valence-corrected chi connectivity index (χ4v) is 4.31. The number of aromatic nitrogens is 4. The summed E-state index contributed by atoms with van der Waals surface area (Å²) < 4.78 is 17.0. The van der Waals surface area contributed by atoms with Crippen molar-refractivity contribution in [1.29, 1.82) is 0 Å². The lowest BCUT2D eigenvalue weighted by molar-refractivity contribution is -0.122. The smallest absolute Gasteiger partial charge is 0.262 e. The first kappa shape index (κ1) is 24.4. The molecule has 4 aromatic rings. The van der Waals surface area contributed by atoms with Gasteiger partial charge in [-0.15, -0.1) is 10.2 Å². The summed E-state index contributed by atoms with van der Waals surface area (Å²) >= 11 is 1.12. The number of hydrogen-bond acceptors (Lipinski definition) is 6. The van der Waals surface area contributed by atoms with Crippen molar-refractivity contribution in [3.63, 3.8) is 0 Å². The average Bonchev–Trinajstić information content (AvgIpc) is 3.28. The summed E-state index contributed by atoms with van der Waals surface area (Å²) in [7, 11) is 0. The second-order valence-corrected chi connectivity index (χ2v) is 8.98. The molecule has 0 saturated heterocycles. The Hall–Kier alpha value is -3.73. The van der Waals surface area contributed by atoms with Gasteiger partial charge in [-0.25, -0.2) is 4.39 Å². The van der Waals surface area contributed by atoms with Crippen molar-refractivity contribution in [2.75, 3.05) is 11.1 Å². The Balaban J connectivity index is 1.61. The molecule has 2 heterocycles. The highest BCUT2D eigenvalue weighted by Crippen LogP contribution is 2.22. The Labute approximate surface area is 204 Å². The number of amides is 2. The third kappa shape index (κ3) is 5.35. The van der Waals surface area contributed by atoms with E-state index in [9.17, 15) is 18.8 Å². The van der Waals surface area contributed by atoms with Crippen LogP contribution >= 0.6 is 11.8 Å². The molecule has 0 aliphatic heterocycles. The molecule has 1 unspecified atom stereocenters. The number of nitrogens with one attached hydrogen (secondary N) is 2. The molecule has 0 radical (unpaired) electrons. The molecule has 1 atom stereocenters. The van der Waals surface area contributed by atoms with E-state index in [2.05, 4.69) is 20.8 Å². The maximum Gasteiger partial charge on any atom is 0.262 e. The van der Waals surface area contributed by atoms with Crippen molar-refractivity contribution < 1.29 is 14.0 Å². The number of anilines is 1. The fourth-order valence-electron chi connectivity index (χ4n) is 3.57. The predicted octanol–water partition coefficient (Wildman–Crippen LogP) is 3.22. The zero-order valence-electron chi connectivity index (χ0n) is 19.3. The molecule has 2 aromatic heterocycles. The molecule has 35 heavy (non-hydrogen) atoms. The van der Waals surface area contributed by atoms with Gasteiger partial charge in [-0.3, -0.25) is 23.4 Å². The molecule has 0 bridgehead atoms. The average molecular weight is 497 g/mol. The van der Waals surface area contributed by atoms with Gasteiger partial charge in [-0.05, 0) is 37.6 Å². The van der Waals surface area contributed by atoms with E-state index in [1.54, 1.807) is 40.8 Å². The summed E-state index contributed by atoms with van der Waals surface area (Å²) in [6, 6.07) is 13.0.